The third-order valence-corrected chi connectivity index (χ3v) is 5.79. The van der Waals surface area contributed by atoms with Crippen molar-refractivity contribution in [1.29, 1.82) is 0 Å². The van der Waals surface area contributed by atoms with Gasteiger partial charge in [0.15, 0.2) is 0 Å². The third kappa shape index (κ3) is 5.43. The van der Waals surface area contributed by atoms with Gasteiger partial charge in [-0.1, -0.05) is 67.6 Å². The van der Waals surface area contributed by atoms with E-state index in [4.69, 9.17) is 4.74 Å². The van der Waals surface area contributed by atoms with Gasteiger partial charge in [0.25, 0.3) is 0 Å². The summed E-state index contributed by atoms with van der Waals surface area (Å²) in [6.45, 7) is 6.38. The summed E-state index contributed by atoms with van der Waals surface area (Å²) in [5.41, 5.74) is 2.72. The molecule has 144 valence electrons. The van der Waals surface area contributed by atoms with E-state index >= 15 is 0 Å². The molecule has 3 unspecified atom stereocenters. The minimum absolute atomic E-state index is 0.0258. The number of carbonyl (C=O) groups is 1. The van der Waals surface area contributed by atoms with E-state index in [-0.39, 0.29) is 11.9 Å². The van der Waals surface area contributed by atoms with E-state index in [1.807, 2.05) is 13.8 Å². The topological polar surface area (TPSA) is 29.5 Å². The molecule has 3 rings (SSSR count). The zero-order valence-corrected chi connectivity index (χ0v) is 16.5. The van der Waals surface area contributed by atoms with Crippen LogP contribution in [0.1, 0.15) is 37.8 Å². The highest BCUT2D eigenvalue weighted by Gasteiger charge is 2.34. The van der Waals surface area contributed by atoms with Crippen LogP contribution in [-0.4, -0.2) is 30.1 Å². The second kappa shape index (κ2) is 9.70. The van der Waals surface area contributed by atoms with Crippen molar-refractivity contribution in [2.45, 2.75) is 45.7 Å². The molecule has 1 aliphatic rings. The lowest BCUT2D eigenvalue weighted by Crippen LogP contribution is -2.45. The summed E-state index contributed by atoms with van der Waals surface area (Å²) in [5, 5.41) is 0. The van der Waals surface area contributed by atoms with Crippen LogP contribution in [0.5, 0.6) is 0 Å². The maximum Gasteiger partial charge on any atom is 0.308 e. The summed E-state index contributed by atoms with van der Waals surface area (Å²) in [4.78, 5) is 14.8. The van der Waals surface area contributed by atoms with Crippen LogP contribution >= 0.6 is 0 Å². The van der Waals surface area contributed by atoms with Crippen molar-refractivity contribution in [1.82, 2.24) is 4.90 Å². The number of benzene rings is 2. The Balaban J connectivity index is 1.72. The third-order valence-electron chi connectivity index (χ3n) is 5.79. The summed E-state index contributed by atoms with van der Waals surface area (Å²) < 4.78 is 5.28. The van der Waals surface area contributed by atoms with Crippen molar-refractivity contribution < 1.29 is 9.53 Å². The molecule has 0 N–H and O–H groups in total. The molecule has 3 nitrogen and oxygen atoms in total. The summed E-state index contributed by atoms with van der Waals surface area (Å²) in [5.74, 6) is 0.323. The Morgan fingerprint density at radius 2 is 1.70 bits per heavy atom. The average molecular weight is 366 g/mol. The first-order valence-corrected chi connectivity index (χ1v) is 10.2. The number of esters is 1. The van der Waals surface area contributed by atoms with Gasteiger partial charge in [0, 0.05) is 12.6 Å². The SMILES string of the molecule is CCOC(=O)C(C)C1CCN(Cc2ccccc2)C(Cc2ccccc2)C1. The molecule has 2 aromatic rings. The highest BCUT2D eigenvalue weighted by atomic mass is 16.5. The van der Waals surface area contributed by atoms with Crippen LogP contribution in [0.25, 0.3) is 0 Å². The number of carbonyl (C=O) groups excluding carboxylic acids is 1. The van der Waals surface area contributed by atoms with Gasteiger partial charge < -0.3 is 4.74 Å². The first-order chi connectivity index (χ1) is 13.2. The van der Waals surface area contributed by atoms with Gasteiger partial charge in [-0.05, 0) is 49.8 Å². The summed E-state index contributed by atoms with van der Waals surface area (Å²) in [7, 11) is 0. The molecule has 0 bridgehead atoms. The van der Waals surface area contributed by atoms with Crippen molar-refractivity contribution in [2.24, 2.45) is 11.8 Å². The number of nitrogens with zero attached hydrogens (tertiary/aromatic N) is 1. The van der Waals surface area contributed by atoms with Crippen molar-refractivity contribution in [3.05, 3.63) is 71.8 Å². The normalized spacial score (nSPS) is 21.6. The standard InChI is InChI=1S/C24H31NO2/c1-3-27-24(26)19(2)22-14-15-25(18-21-12-8-5-9-13-21)23(17-22)16-20-10-6-4-7-11-20/h4-13,19,22-23H,3,14-18H2,1-2H3. The fourth-order valence-electron chi connectivity index (χ4n) is 4.18. The molecule has 2 aromatic carbocycles. The molecule has 0 aromatic heterocycles. The largest absolute Gasteiger partial charge is 0.466 e. The lowest BCUT2D eigenvalue weighted by atomic mass is 9.80. The molecule has 0 spiro atoms. The van der Waals surface area contributed by atoms with Gasteiger partial charge >= 0.3 is 5.97 Å². The first-order valence-electron chi connectivity index (χ1n) is 10.2. The lowest BCUT2D eigenvalue weighted by Gasteiger charge is -2.41. The molecule has 1 heterocycles. The molecule has 0 amide bonds. The van der Waals surface area contributed by atoms with Crippen LogP contribution in [-0.2, 0) is 22.5 Å². The van der Waals surface area contributed by atoms with E-state index in [0.717, 1.165) is 32.4 Å². The summed E-state index contributed by atoms with van der Waals surface area (Å²) >= 11 is 0. The Morgan fingerprint density at radius 1 is 1.07 bits per heavy atom. The Morgan fingerprint density at radius 3 is 2.33 bits per heavy atom. The molecule has 0 radical (unpaired) electrons. The number of likely N-dealkylation sites (tertiary alicyclic amines) is 1. The van der Waals surface area contributed by atoms with Crippen LogP contribution in [0.3, 0.4) is 0 Å². The number of hydrogen-bond donors (Lipinski definition) is 0. The predicted octanol–water partition coefficient (Wildman–Crippen LogP) is 4.71. The van der Waals surface area contributed by atoms with E-state index in [0.29, 0.717) is 18.6 Å². The van der Waals surface area contributed by atoms with Gasteiger partial charge in [-0.2, -0.15) is 0 Å². The monoisotopic (exact) mass is 365 g/mol. The Labute approximate surface area is 163 Å². The highest BCUT2D eigenvalue weighted by molar-refractivity contribution is 5.72. The van der Waals surface area contributed by atoms with Gasteiger partial charge in [0.1, 0.15) is 0 Å². The summed E-state index contributed by atoms with van der Waals surface area (Å²) in [6.07, 6.45) is 3.12. The Kier molecular flexibility index (Phi) is 7.05. The van der Waals surface area contributed by atoms with Crippen LogP contribution < -0.4 is 0 Å². The minimum Gasteiger partial charge on any atom is -0.466 e. The zero-order chi connectivity index (χ0) is 19.1. The molecule has 1 saturated heterocycles. The van der Waals surface area contributed by atoms with E-state index < -0.39 is 0 Å². The fourth-order valence-corrected chi connectivity index (χ4v) is 4.18. The smallest absolute Gasteiger partial charge is 0.308 e. The van der Waals surface area contributed by atoms with Crippen LogP contribution in [0.15, 0.2) is 60.7 Å². The second-order valence-corrected chi connectivity index (χ2v) is 7.62. The van der Waals surface area contributed by atoms with Crippen molar-refractivity contribution in [2.75, 3.05) is 13.2 Å². The number of piperidine rings is 1. The molecule has 3 atom stereocenters. The lowest BCUT2D eigenvalue weighted by molar-refractivity contribution is -0.150. The predicted molar refractivity (Wildman–Crippen MR) is 109 cm³/mol. The molecule has 0 saturated carbocycles. The van der Waals surface area contributed by atoms with Crippen molar-refractivity contribution in [3.63, 3.8) is 0 Å². The van der Waals surface area contributed by atoms with Gasteiger partial charge in [0.2, 0.25) is 0 Å². The van der Waals surface area contributed by atoms with Crippen molar-refractivity contribution in [3.8, 4) is 0 Å². The molecular weight excluding hydrogens is 334 g/mol. The number of rotatable bonds is 7. The van der Waals surface area contributed by atoms with Gasteiger partial charge in [-0.15, -0.1) is 0 Å². The molecular formula is C24H31NO2. The summed E-state index contributed by atoms with van der Waals surface area (Å²) in [6, 6.07) is 21.8. The first kappa shape index (κ1) is 19.6. The minimum atomic E-state index is -0.0440. The van der Waals surface area contributed by atoms with Crippen molar-refractivity contribution >= 4 is 5.97 Å². The number of ether oxygens (including phenoxy) is 1. The molecule has 0 aliphatic carbocycles. The molecule has 1 aliphatic heterocycles. The second-order valence-electron chi connectivity index (χ2n) is 7.62. The molecule has 27 heavy (non-hydrogen) atoms. The molecule has 1 fully saturated rings. The van der Waals surface area contributed by atoms with E-state index in [2.05, 4.69) is 65.6 Å². The highest BCUT2D eigenvalue weighted by Crippen LogP contribution is 2.32. The van der Waals surface area contributed by atoms with E-state index in [1.165, 1.54) is 11.1 Å². The maximum absolute atomic E-state index is 12.2. The maximum atomic E-state index is 12.2. The van der Waals surface area contributed by atoms with Gasteiger partial charge in [-0.3, -0.25) is 9.69 Å². The Hall–Kier alpha value is -2.13. The van der Waals surface area contributed by atoms with Crippen LogP contribution in [0.4, 0.5) is 0 Å². The average Bonchev–Trinajstić information content (AvgIpc) is 2.70. The Bertz CT molecular complexity index is 701. The van der Waals surface area contributed by atoms with E-state index in [9.17, 15) is 4.79 Å². The van der Waals surface area contributed by atoms with E-state index in [1.54, 1.807) is 0 Å². The number of hydrogen-bond acceptors (Lipinski definition) is 3. The quantitative estimate of drug-likeness (QED) is 0.666. The zero-order valence-electron chi connectivity index (χ0n) is 16.5. The molecule has 3 heteroatoms. The van der Waals surface area contributed by atoms with Crippen LogP contribution in [0, 0.1) is 11.8 Å². The van der Waals surface area contributed by atoms with Gasteiger partial charge in [0.05, 0.1) is 12.5 Å². The van der Waals surface area contributed by atoms with Gasteiger partial charge in [-0.25, -0.2) is 0 Å². The van der Waals surface area contributed by atoms with Crippen LogP contribution in [0.2, 0.25) is 0 Å². The fraction of sp³-hybridized carbons (Fsp3) is 0.458.